The lowest BCUT2D eigenvalue weighted by atomic mass is 9.87. The third kappa shape index (κ3) is 60.5. The summed E-state index contributed by atoms with van der Waals surface area (Å²) in [5.41, 5.74) is -2.18. The minimum Gasteiger partial charge on any atom is -0.379 e. The average molecular weight is 1870 g/mol. The molecule has 120 heavy (non-hydrogen) atoms. The quantitative estimate of drug-likeness (QED) is 0.0188. The molecular formula is C88H146ClIN4O24S2. The van der Waals surface area contributed by atoms with Crippen LogP contribution in [0.5, 0.6) is 0 Å². The maximum absolute atomic E-state index is 12.1. The van der Waals surface area contributed by atoms with Crippen LogP contribution >= 0.6 is 34.2 Å². The number of sulfone groups is 1. The molecule has 7 amide bonds. The first-order valence-electron chi connectivity index (χ1n) is 41.8. The molecule has 0 radical (unpaired) electrons. The number of amides is 7. The van der Waals surface area contributed by atoms with Gasteiger partial charge in [0.15, 0.2) is 15.6 Å². The molecule has 0 aromatic rings. The van der Waals surface area contributed by atoms with Gasteiger partial charge in [0.25, 0.3) is 45.6 Å². The summed E-state index contributed by atoms with van der Waals surface area (Å²) in [6.45, 7) is 41.2. The Hall–Kier alpha value is -6.07. The Morgan fingerprint density at radius 3 is 1.01 bits per heavy atom. The predicted octanol–water partition coefficient (Wildman–Crippen LogP) is 13.9. The van der Waals surface area contributed by atoms with Crippen LogP contribution in [0.25, 0.3) is 0 Å². The number of hydrogen-bond donors (Lipinski definition) is 2. The van der Waals surface area contributed by atoms with Crippen LogP contribution in [0.1, 0.15) is 285 Å². The first kappa shape index (κ1) is 118. The highest BCUT2D eigenvalue weighted by Crippen LogP contribution is 2.26. The van der Waals surface area contributed by atoms with Crippen LogP contribution in [0.2, 0.25) is 0 Å². The molecule has 688 valence electrons. The monoisotopic (exact) mass is 1870 g/mol. The van der Waals surface area contributed by atoms with Crippen molar-refractivity contribution in [3.05, 3.63) is 48.4 Å². The number of hydrogen-bond acceptors (Lipinski definition) is 23. The molecule has 3 aliphatic heterocycles. The second-order valence-corrected chi connectivity index (χ2v) is 40.3. The summed E-state index contributed by atoms with van der Waals surface area (Å²) in [5.74, 6) is -0.783. The molecule has 0 aromatic heterocycles. The number of ketones is 8. The van der Waals surface area contributed by atoms with Crippen LogP contribution in [0.4, 0.5) is 0 Å². The van der Waals surface area contributed by atoms with E-state index in [0.717, 1.165) is 98.7 Å². The summed E-state index contributed by atoms with van der Waals surface area (Å²) < 4.78 is 76.2. The summed E-state index contributed by atoms with van der Waals surface area (Å²) in [6, 6.07) is 0. The Labute approximate surface area is 735 Å². The van der Waals surface area contributed by atoms with Gasteiger partial charge in [-0.15, -0.1) is 11.6 Å². The Morgan fingerprint density at radius 2 is 0.692 bits per heavy atom. The molecule has 3 rings (SSSR count). The molecule has 2 N–H and O–H groups in total. The van der Waals surface area contributed by atoms with E-state index in [1.807, 2.05) is 104 Å². The van der Waals surface area contributed by atoms with Gasteiger partial charge < -0.3 is 24.3 Å². The van der Waals surface area contributed by atoms with Gasteiger partial charge in [0.05, 0.1) is 68.9 Å². The summed E-state index contributed by atoms with van der Waals surface area (Å²) in [7, 11) is -7.55. The molecule has 32 heteroatoms. The Morgan fingerprint density at radius 1 is 0.400 bits per heavy atom. The maximum atomic E-state index is 12.1. The number of nitrogens with one attached hydrogen (secondary N) is 1. The molecule has 3 aliphatic rings. The second-order valence-electron chi connectivity index (χ2n) is 35.6. The minimum atomic E-state index is -4.48. The molecule has 1 unspecified atom stereocenters. The number of unbranched alkanes of at least 4 members (excludes halogenated alkanes) is 11. The first-order valence-corrected chi connectivity index (χ1v) is 47.1. The van der Waals surface area contributed by atoms with Crippen molar-refractivity contribution in [1.82, 2.24) is 20.0 Å². The highest BCUT2D eigenvalue weighted by atomic mass is 127. The largest absolute Gasteiger partial charge is 0.379 e. The lowest BCUT2D eigenvalue weighted by molar-refractivity contribution is -0.138. The van der Waals surface area contributed by atoms with Gasteiger partial charge in [0.1, 0.15) is 45.7 Å². The summed E-state index contributed by atoms with van der Waals surface area (Å²) >= 11 is 7.49. The lowest BCUT2D eigenvalue weighted by Crippen LogP contribution is -2.38. The molecule has 0 bridgehead atoms. The molecule has 0 saturated heterocycles. The van der Waals surface area contributed by atoms with E-state index < -0.39 is 60.0 Å². The van der Waals surface area contributed by atoms with Gasteiger partial charge in [-0.2, -0.15) is 8.42 Å². The fourth-order valence-corrected chi connectivity index (χ4v) is 12.8. The van der Waals surface area contributed by atoms with Crippen LogP contribution in [0.15, 0.2) is 48.4 Å². The predicted molar refractivity (Wildman–Crippen MR) is 475 cm³/mol. The zero-order valence-electron chi connectivity index (χ0n) is 75.4. The molecule has 0 aliphatic carbocycles. The molecule has 0 saturated carbocycles. The topological polar surface area (TPSA) is 403 Å². The second kappa shape index (κ2) is 62.1. The number of nitrogens with zero attached hydrogens (tertiary/aromatic N) is 3. The number of Topliss-reactive ketones (excluding diaryl/α,β-unsaturated/α-hetero) is 8. The van der Waals surface area contributed by atoms with Crippen molar-refractivity contribution in [1.29, 1.82) is 0 Å². The van der Waals surface area contributed by atoms with Crippen LogP contribution < -0.4 is 5.32 Å². The Bertz CT molecular complexity index is 3480. The van der Waals surface area contributed by atoms with Crippen molar-refractivity contribution in [2.45, 2.75) is 290 Å². The molecule has 0 fully saturated rings. The van der Waals surface area contributed by atoms with Gasteiger partial charge in [-0.25, -0.2) is 8.42 Å². The fraction of sp³-hybridized carbons (Fsp3) is 0.739. The first-order chi connectivity index (χ1) is 55.4. The van der Waals surface area contributed by atoms with E-state index in [-0.39, 0.29) is 105 Å². The van der Waals surface area contributed by atoms with Crippen molar-refractivity contribution >= 4 is 142 Å². The van der Waals surface area contributed by atoms with E-state index in [0.29, 0.717) is 152 Å². The van der Waals surface area contributed by atoms with Crippen molar-refractivity contribution in [2.24, 2.45) is 32.5 Å². The van der Waals surface area contributed by atoms with Gasteiger partial charge in [-0.05, 0) is 70.6 Å². The SMILES string of the molecule is C=CS(=O)(=O)CCCCCC(=O)C(C)(C)C.CC(C)(C)C(=O)C(CCCCN1C(=O)C=CC1=O)S(=O)(=O)O.CC(C)(C)C(=O)CCCCCCC(=O)CCl.CC(C)(C)C(=O)CCCCCCC(=O)CI.CC(C)(C)C(=O)CCCCCN1C(=O)C=CC1=O.CC(C)(C)C(=O)CCOCCOCCOCCOCCNC(=O)CCN1C(=O)C=CC1=O. The Kier molecular flexibility index (Phi) is 61.1. The number of rotatable bonds is 54. The summed E-state index contributed by atoms with van der Waals surface area (Å²) in [5, 5.41) is 2.18. The zero-order valence-corrected chi connectivity index (χ0v) is 79.9. The maximum Gasteiger partial charge on any atom is 0.275 e. The van der Waals surface area contributed by atoms with Crippen LogP contribution in [0, 0.1) is 32.5 Å². The van der Waals surface area contributed by atoms with E-state index in [1.54, 1.807) is 20.8 Å². The summed E-state index contributed by atoms with van der Waals surface area (Å²) in [6.07, 6.45) is 24.7. The van der Waals surface area contributed by atoms with Crippen molar-refractivity contribution in [3.63, 3.8) is 0 Å². The number of carbonyl (C=O) groups is 15. The van der Waals surface area contributed by atoms with Crippen molar-refractivity contribution in [3.8, 4) is 0 Å². The molecule has 3 heterocycles. The van der Waals surface area contributed by atoms with Crippen LogP contribution in [0.3, 0.4) is 0 Å². The fourth-order valence-electron chi connectivity index (χ4n) is 10.5. The number of ether oxygens (including phenoxy) is 4. The minimum absolute atomic E-state index is 0.0431. The van der Waals surface area contributed by atoms with E-state index >= 15 is 0 Å². The average Bonchev–Trinajstić information content (AvgIpc) is 1.12. The number of alkyl halides is 2. The third-order valence-electron chi connectivity index (χ3n) is 18.5. The highest BCUT2D eigenvalue weighted by molar-refractivity contribution is 14.1. The van der Waals surface area contributed by atoms with Gasteiger partial charge >= 0.3 is 0 Å². The van der Waals surface area contributed by atoms with E-state index in [9.17, 15) is 93.3 Å². The molecule has 1 atom stereocenters. The smallest absolute Gasteiger partial charge is 0.275 e. The van der Waals surface area contributed by atoms with Crippen LogP contribution in [-0.2, 0) is 111 Å². The molecule has 0 spiro atoms. The number of carbonyl (C=O) groups excluding carboxylic acids is 15. The Balaban J connectivity index is -0.00000140. The van der Waals surface area contributed by atoms with Gasteiger partial charge in [-0.1, -0.05) is 192 Å². The van der Waals surface area contributed by atoms with E-state index in [1.165, 1.54) is 41.4 Å². The van der Waals surface area contributed by atoms with E-state index in [2.05, 4.69) is 34.5 Å². The van der Waals surface area contributed by atoms with Crippen molar-refractivity contribution in [2.75, 3.05) is 95.1 Å². The van der Waals surface area contributed by atoms with Crippen molar-refractivity contribution < 1.29 is 112 Å². The van der Waals surface area contributed by atoms with Gasteiger partial charge in [0.2, 0.25) is 5.91 Å². The standard InChI is InChI=1S/C22H36N2O8.C14H21NO6S.C14H21NO3.C13H23ClO2.C13H23IO2.C12H22O3S/c1-22(2,3)18(25)7-10-29-12-14-31-16-17-32-15-13-30-11-8-23-19(26)6-9-24-20(27)4-5-21(24)28;1-14(2,3)13(18)10(22(19,20)21)6-4-5-9-15-11(16)7-8-12(15)17;1-14(2,3)11(16)7-5-4-6-10-15-12(17)8-9-13(15)18;2*1-13(2,3)12(16)9-7-5-4-6-8-11(15)10-14;1-5-16(14,15)10-8-6-7-9-11(13)12(2,3)4/h4-5H,6-17H2,1-3H3,(H,23,26);7-8,10H,4-6,9H2,1-3H3,(H,19,20,21);8-9H,4-7,10H2,1-3H3;2*4-10H2,1-3H3;5H,1,6-10H2,2-4H3. The highest BCUT2D eigenvalue weighted by Gasteiger charge is 2.38. The summed E-state index contributed by atoms with van der Waals surface area (Å²) in [4.78, 5) is 175. The number of halogens is 2. The molecular weight excluding hydrogens is 1720 g/mol. The van der Waals surface area contributed by atoms with E-state index in [4.69, 9.17) is 30.5 Å². The van der Waals surface area contributed by atoms with Gasteiger partial charge in [0, 0.05) is 152 Å². The zero-order chi connectivity index (χ0) is 92.7. The normalized spacial score (nSPS) is 13.9. The third-order valence-corrected chi connectivity index (χ3v) is 22.2. The van der Waals surface area contributed by atoms with Crippen LogP contribution in [-0.4, -0.2) is 224 Å². The lowest BCUT2D eigenvalue weighted by Gasteiger charge is -2.22. The molecule has 28 nitrogen and oxygen atoms in total. The number of imide groups is 3. The molecule has 0 aromatic carbocycles. The van der Waals surface area contributed by atoms with Gasteiger partial charge in [-0.3, -0.25) is 91.2 Å².